The lowest BCUT2D eigenvalue weighted by Gasteiger charge is -2.28. The predicted molar refractivity (Wildman–Crippen MR) is 63.9 cm³/mol. The van der Waals surface area contributed by atoms with Crippen LogP contribution in [0.4, 0.5) is 0 Å². The first-order chi connectivity index (χ1) is 8.25. The molecule has 94 valence electrons. The van der Waals surface area contributed by atoms with Gasteiger partial charge >= 0.3 is 5.97 Å². The van der Waals surface area contributed by atoms with Crippen LogP contribution in [0.5, 0.6) is 0 Å². The van der Waals surface area contributed by atoms with E-state index in [2.05, 4.69) is 4.90 Å². The van der Waals surface area contributed by atoms with Gasteiger partial charge in [0.25, 0.3) is 0 Å². The van der Waals surface area contributed by atoms with Crippen molar-refractivity contribution in [3.63, 3.8) is 0 Å². The average molecular weight is 237 g/mol. The molecule has 1 aliphatic heterocycles. The zero-order valence-corrected chi connectivity index (χ0v) is 10.2. The molecule has 0 aromatic carbocycles. The Hall–Kier alpha value is -1.29. The van der Waals surface area contributed by atoms with Gasteiger partial charge in [0, 0.05) is 6.54 Å². The monoisotopic (exact) mass is 237 g/mol. The zero-order chi connectivity index (χ0) is 12.1. The number of furan rings is 1. The first-order valence-electron chi connectivity index (χ1n) is 6.22. The molecule has 1 aromatic rings. The third-order valence-corrected chi connectivity index (χ3v) is 2.99. The highest BCUT2D eigenvalue weighted by molar-refractivity contribution is 5.86. The van der Waals surface area contributed by atoms with E-state index in [4.69, 9.17) is 9.15 Å². The summed E-state index contributed by atoms with van der Waals surface area (Å²) in [5.74, 6) is -0.102. The fraction of sp³-hybridized carbons (Fsp3) is 0.615. The van der Waals surface area contributed by atoms with Crippen molar-refractivity contribution in [1.82, 2.24) is 4.90 Å². The van der Waals surface area contributed by atoms with Crippen molar-refractivity contribution in [2.45, 2.75) is 32.3 Å². The Kier molecular flexibility index (Phi) is 4.20. The number of carbonyl (C=O) groups is 1. The highest BCUT2D eigenvalue weighted by atomic mass is 16.6. The molecule has 1 saturated heterocycles. The molecule has 0 bridgehead atoms. The number of carbonyl (C=O) groups excluding carboxylic acids is 1. The van der Waals surface area contributed by atoms with Gasteiger partial charge < -0.3 is 9.15 Å². The van der Waals surface area contributed by atoms with Crippen molar-refractivity contribution in [2.24, 2.45) is 0 Å². The Morgan fingerprint density at radius 2 is 2.24 bits per heavy atom. The molecule has 4 nitrogen and oxygen atoms in total. The summed E-state index contributed by atoms with van der Waals surface area (Å²) in [4.78, 5) is 14.0. The van der Waals surface area contributed by atoms with E-state index in [-0.39, 0.29) is 17.8 Å². The van der Waals surface area contributed by atoms with Crippen LogP contribution in [-0.4, -0.2) is 36.6 Å². The maximum Gasteiger partial charge on any atom is 0.374 e. The number of piperidine rings is 1. The van der Waals surface area contributed by atoms with Gasteiger partial charge in [-0.3, -0.25) is 4.90 Å². The van der Waals surface area contributed by atoms with Gasteiger partial charge in [0.15, 0.2) is 0 Å². The molecule has 0 N–H and O–H groups in total. The highest BCUT2D eigenvalue weighted by Crippen LogP contribution is 2.11. The summed E-state index contributed by atoms with van der Waals surface area (Å²) >= 11 is 0. The molecule has 0 unspecified atom stereocenters. The summed E-state index contributed by atoms with van der Waals surface area (Å²) in [6.45, 7) is 4.97. The maximum absolute atomic E-state index is 11.6. The van der Waals surface area contributed by atoms with Crippen LogP contribution >= 0.6 is 0 Å². The van der Waals surface area contributed by atoms with E-state index in [1.54, 1.807) is 12.1 Å². The molecule has 2 heterocycles. The summed E-state index contributed by atoms with van der Waals surface area (Å²) in [7, 11) is 0. The summed E-state index contributed by atoms with van der Waals surface area (Å²) in [5, 5.41) is 0. The molecule has 0 aliphatic carbocycles. The summed E-state index contributed by atoms with van der Waals surface area (Å²) < 4.78 is 10.3. The Balaban J connectivity index is 1.76. The van der Waals surface area contributed by atoms with Crippen LogP contribution in [0.25, 0.3) is 0 Å². The molecular weight excluding hydrogens is 218 g/mol. The van der Waals surface area contributed by atoms with Crippen LogP contribution in [0.2, 0.25) is 0 Å². The number of likely N-dealkylation sites (tertiary alicyclic amines) is 1. The number of esters is 1. The molecule has 0 spiro atoms. The standard InChI is InChI=1S/C13H19NO3/c1-11(10-14-7-3-2-4-8-14)17-13(15)12-6-5-9-16-12/h5-6,9,11H,2-4,7-8,10H2,1H3/t11-/m0/s1. The first-order valence-corrected chi connectivity index (χ1v) is 6.22. The second-order valence-electron chi connectivity index (χ2n) is 4.55. The Morgan fingerprint density at radius 1 is 1.47 bits per heavy atom. The van der Waals surface area contributed by atoms with E-state index >= 15 is 0 Å². The minimum absolute atomic E-state index is 0.0919. The van der Waals surface area contributed by atoms with Crippen LogP contribution in [0.15, 0.2) is 22.8 Å². The van der Waals surface area contributed by atoms with Gasteiger partial charge in [-0.2, -0.15) is 0 Å². The quantitative estimate of drug-likeness (QED) is 0.754. The van der Waals surface area contributed by atoms with Crippen molar-refractivity contribution < 1.29 is 13.9 Å². The number of ether oxygens (including phenoxy) is 1. The van der Waals surface area contributed by atoms with Crippen molar-refractivity contribution in [3.05, 3.63) is 24.2 Å². The molecule has 0 radical (unpaired) electrons. The molecule has 1 aliphatic rings. The molecule has 0 amide bonds. The fourth-order valence-electron chi connectivity index (χ4n) is 2.18. The van der Waals surface area contributed by atoms with Gasteiger partial charge in [0.05, 0.1) is 6.26 Å². The third kappa shape index (κ3) is 3.60. The minimum atomic E-state index is -0.375. The Labute approximate surface area is 102 Å². The van der Waals surface area contributed by atoms with Gasteiger partial charge in [0.1, 0.15) is 6.10 Å². The molecule has 1 atom stereocenters. The molecule has 1 fully saturated rings. The number of hydrogen-bond acceptors (Lipinski definition) is 4. The van der Waals surface area contributed by atoms with E-state index in [0.717, 1.165) is 19.6 Å². The fourth-order valence-corrected chi connectivity index (χ4v) is 2.18. The van der Waals surface area contributed by atoms with E-state index in [0.29, 0.717) is 0 Å². The highest BCUT2D eigenvalue weighted by Gasteiger charge is 2.18. The summed E-state index contributed by atoms with van der Waals surface area (Å²) in [6.07, 6.45) is 5.20. The van der Waals surface area contributed by atoms with Gasteiger partial charge in [-0.15, -0.1) is 0 Å². The van der Waals surface area contributed by atoms with Crippen LogP contribution in [0, 0.1) is 0 Å². The minimum Gasteiger partial charge on any atom is -0.457 e. The largest absolute Gasteiger partial charge is 0.457 e. The summed E-state index contributed by atoms with van der Waals surface area (Å²) in [6, 6.07) is 3.31. The van der Waals surface area contributed by atoms with Crippen molar-refractivity contribution >= 4 is 5.97 Å². The van der Waals surface area contributed by atoms with Crippen LogP contribution in [0.1, 0.15) is 36.7 Å². The summed E-state index contributed by atoms with van der Waals surface area (Å²) in [5.41, 5.74) is 0. The van der Waals surface area contributed by atoms with Gasteiger partial charge in [0.2, 0.25) is 5.76 Å². The predicted octanol–water partition coefficient (Wildman–Crippen LogP) is 2.31. The van der Waals surface area contributed by atoms with E-state index in [9.17, 15) is 4.79 Å². The van der Waals surface area contributed by atoms with E-state index in [1.807, 2.05) is 6.92 Å². The van der Waals surface area contributed by atoms with Crippen LogP contribution in [-0.2, 0) is 4.74 Å². The van der Waals surface area contributed by atoms with Gasteiger partial charge in [-0.05, 0) is 45.0 Å². The SMILES string of the molecule is C[C@@H](CN1CCCCC1)OC(=O)c1ccco1. The lowest BCUT2D eigenvalue weighted by Crippen LogP contribution is -2.37. The molecule has 1 aromatic heterocycles. The van der Waals surface area contributed by atoms with Crippen molar-refractivity contribution in [1.29, 1.82) is 0 Å². The second kappa shape index (κ2) is 5.87. The molecule has 2 rings (SSSR count). The Morgan fingerprint density at radius 3 is 2.88 bits per heavy atom. The topological polar surface area (TPSA) is 42.7 Å². The third-order valence-electron chi connectivity index (χ3n) is 2.99. The normalized spacial score (nSPS) is 18.9. The zero-order valence-electron chi connectivity index (χ0n) is 10.2. The van der Waals surface area contributed by atoms with Crippen LogP contribution in [0.3, 0.4) is 0 Å². The van der Waals surface area contributed by atoms with E-state index in [1.165, 1.54) is 25.5 Å². The van der Waals surface area contributed by atoms with E-state index < -0.39 is 0 Å². The second-order valence-corrected chi connectivity index (χ2v) is 4.55. The maximum atomic E-state index is 11.6. The number of rotatable bonds is 4. The molecule has 17 heavy (non-hydrogen) atoms. The van der Waals surface area contributed by atoms with Gasteiger partial charge in [-0.25, -0.2) is 4.79 Å². The molecular formula is C13H19NO3. The Bertz CT molecular complexity index is 342. The molecule has 4 heteroatoms. The smallest absolute Gasteiger partial charge is 0.374 e. The number of hydrogen-bond donors (Lipinski definition) is 0. The van der Waals surface area contributed by atoms with Crippen molar-refractivity contribution in [3.8, 4) is 0 Å². The lowest BCUT2D eigenvalue weighted by molar-refractivity contribution is 0.0203. The van der Waals surface area contributed by atoms with Crippen LogP contribution < -0.4 is 0 Å². The van der Waals surface area contributed by atoms with Crippen molar-refractivity contribution in [2.75, 3.05) is 19.6 Å². The first kappa shape index (κ1) is 12.2. The van der Waals surface area contributed by atoms with Gasteiger partial charge in [-0.1, -0.05) is 6.42 Å². The molecule has 0 saturated carbocycles. The lowest BCUT2D eigenvalue weighted by atomic mass is 10.1. The number of nitrogens with zero attached hydrogens (tertiary/aromatic N) is 1. The average Bonchev–Trinajstić information content (AvgIpc) is 2.83.